The second kappa shape index (κ2) is 53.9. The Bertz CT molecular complexity index is 1330. The monoisotopic (exact) mass is 917 g/mol. The molecule has 0 aliphatic rings. The smallest absolute Gasteiger partial charge is 0.306 e. The Kier molecular flexibility index (Phi) is 50.9. The van der Waals surface area contributed by atoms with Crippen LogP contribution in [0.2, 0.25) is 0 Å². The van der Waals surface area contributed by atoms with Gasteiger partial charge in [0.15, 0.2) is 6.10 Å². The molecule has 66 heavy (non-hydrogen) atoms. The van der Waals surface area contributed by atoms with Crippen LogP contribution in [0.1, 0.15) is 245 Å². The second-order valence-electron chi connectivity index (χ2n) is 17.7. The fourth-order valence-electron chi connectivity index (χ4n) is 7.21. The summed E-state index contributed by atoms with van der Waals surface area (Å²) < 4.78 is 16.8. The maximum absolute atomic E-state index is 12.8. The topological polar surface area (TPSA) is 78.9 Å². The minimum absolute atomic E-state index is 0.106. The van der Waals surface area contributed by atoms with E-state index in [1.165, 1.54) is 83.5 Å². The molecular weight excluding hydrogens is 817 g/mol. The zero-order valence-electron chi connectivity index (χ0n) is 42.9. The normalized spacial score (nSPS) is 12.8. The van der Waals surface area contributed by atoms with E-state index in [0.29, 0.717) is 19.3 Å². The van der Waals surface area contributed by atoms with Gasteiger partial charge in [0.05, 0.1) is 0 Å². The molecule has 1 unspecified atom stereocenters. The van der Waals surface area contributed by atoms with Crippen LogP contribution in [0.25, 0.3) is 0 Å². The van der Waals surface area contributed by atoms with Crippen molar-refractivity contribution in [3.05, 3.63) is 97.2 Å². The van der Waals surface area contributed by atoms with Gasteiger partial charge >= 0.3 is 17.9 Å². The van der Waals surface area contributed by atoms with Gasteiger partial charge in [-0.25, -0.2) is 0 Å². The Morgan fingerprint density at radius 3 is 1.02 bits per heavy atom. The lowest BCUT2D eigenvalue weighted by atomic mass is 10.1. The number of unbranched alkanes of at least 4 members (excludes halogenated alkanes) is 21. The van der Waals surface area contributed by atoms with Crippen LogP contribution in [0.5, 0.6) is 0 Å². The predicted molar refractivity (Wildman–Crippen MR) is 284 cm³/mol. The number of carbonyl (C=O) groups is 3. The molecule has 0 spiro atoms. The van der Waals surface area contributed by atoms with E-state index in [9.17, 15) is 14.4 Å². The highest BCUT2D eigenvalue weighted by Crippen LogP contribution is 2.13. The Balaban J connectivity index is 4.52. The molecule has 0 aliphatic heterocycles. The fourth-order valence-corrected chi connectivity index (χ4v) is 7.21. The molecule has 0 saturated carbocycles. The van der Waals surface area contributed by atoms with Gasteiger partial charge in [0.25, 0.3) is 0 Å². The highest BCUT2D eigenvalue weighted by Gasteiger charge is 2.19. The van der Waals surface area contributed by atoms with E-state index in [2.05, 4.69) is 118 Å². The number of carbonyl (C=O) groups excluding carboxylic acids is 3. The van der Waals surface area contributed by atoms with E-state index < -0.39 is 6.10 Å². The lowest BCUT2D eigenvalue weighted by Gasteiger charge is -2.18. The SMILES string of the molecule is CC/C=C\C/C=C\C/C=C\C/C=C\C/C=C\CCCC(=O)OCC(COC(=O)CCCCCCC/C=C\CCCCCCCC)OC(=O)CCCCCCC/C=C\C/C=C\CCCCCC. The van der Waals surface area contributed by atoms with Crippen LogP contribution in [0.3, 0.4) is 0 Å². The Morgan fingerprint density at radius 2 is 0.606 bits per heavy atom. The van der Waals surface area contributed by atoms with Gasteiger partial charge in [0, 0.05) is 19.3 Å². The third-order valence-electron chi connectivity index (χ3n) is 11.3. The number of hydrogen-bond donors (Lipinski definition) is 0. The lowest BCUT2D eigenvalue weighted by Crippen LogP contribution is -2.30. The minimum atomic E-state index is -0.812. The zero-order valence-corrected chi connectivity index (χ0v) is 42.9. The average molecular weight is 917 g/mol. The highest BCUT2D eigenvalue weighted by molar-refractivity contribution is 5.71. The maximum Gasteiger partial charge on any atom is 0.306 e. The third kappa shape index (κ3) is 51.3. The van der Waals surface area contributed by atoms with Crippen molar-refractivity contribution in [2.75, 3.05) is 13.2 Å². The number of rotatable bonds is 48. The van der Waals surface area contributed by atoms with Crippen molar-refractivity contribution in [3.63, 3.8) is 0 Å². The molecule has 0 bridgehead atoms. The first-order valence-electron chi connectivity index (χ1n) is 27.2. The summed E-state index contributed by atoms with van der Waals surface area (Å²) in [5, 5.41) is 0. The number of hydrogen-bond acceptors (Lipinski definition) is 6. The first kappa shape index (κ1) is 62.3. The van der Waals surface area contributed by atoms with E-state index in [4.69, 9.17) is 14.2 Å². The van der Waals surface area contributed by atoms with Crippen molar-refractivity contribution in [1.29, 1.82) is 0 Å². The summed E-state index contributed by atoms with van der Waals surface area (Å²) in [6.07, 6.45) is 71.1. The van der Waals surface area contributed by atoms with Crippen molar-refractivity contribution < 1.29 is 28.6 Å². The zero-order chi connectivity index (χ0) is 47.9. The average Bonchev–Trinajstić information content (AvgIpc) is 3.31. The molecule has 0 aromatic rings. The van der Waals surface area contributed by atoms with Crippen molar-refractivity contribution in [1.82, 2.24) is 0 Å². The van der Waals surface area contributed by atoms with E-state index in [1.54, 1.807) is 0 Å². The number of esters is 3. The van der Waals surface area contributed by atoms with Crippen LogP contribution in [0, 0.1) is 0 Å². The second-order valence-corrected chi connectivity index (χ2v) is 17.7. The van der Waals surface area contributed by atoms with Gasteiger partial charge in [-0.15, -0.1) is 0 Å². The van der Waals surface area contributed by atoms with Crippen LogP contribution in [-0.4, -0.2) is 37.2 Å². The predicted octanol–water partition coefficient (Wildman–Crippen LogP) is 18.1. The summed E-state index contributed by atoms with van der Waals surface area (Å²) in [7, 11) is 0. The standard InChI is InChI=1S/C60H100O6/c1-4-7-10-13-16-19-22-25-28-30-33-35-38-41-44-47-50-53-59(62)65-56-57(55-64-58(61)52-49-46-43-40-37-34-31-27-24-21-18-15-12-9-6-3)66-60(63)54-51-48-45-42-39-36-32-29-26-23-20-17-14-11-8-5-2/h7,10,16,19-20,23,25,27-29,31-33,35,41,44,57H,4-6,8-9,11-15,17-18,21-22,24,26,30,34,36-40,42-43,45-56H2,1-3H3/b10-7-,19-16-,23-20-,28-25-,31-27-,32-29-,35-33-,44-41-. The van der Waals surface area contributed by atoms with Gasteiger partial charge in [-0.2, -0.15) is 0 Å². The first-order valence-corrected chi connectivity index (χ1v) is 27.2. The quantitative estimate of drug-likeness (QED) is 0.0262. The van der Waals surface area contributed by atoms with Crippen LogP contribution in [0.4, 0.5) is 0 Å². The summed E-state index contributed by atoms with van der Waals surface area (Å²) in [5.74, 6) is -0.989. The Morgan fingerprint density at radius 1 is 0.318 bits per heavy atom. The number of allylic oxidation sites excluding steroid dienone is 16. The van der Waals surface area contributed by atoms with Crippen molar-refractivity contribution in [2.24, 2.45) is 0 Å². The molecule has 0 aliphatic carbocycles. The van der Waals surface area contributed by atoms with E-state index in [1.807, 2.05) is 0 Å². The molecule has 0 aromatic carbocycles. The third-order valence-corrected chi connectivity index (χ3v) is 11.3. The summed E-state index contributed by atoms with van der Waals surface area (Å²) in [6.45, 7) is 6.43. The molecular formula is C60H100O6. The van der Waals surface area contributed by atoms with Gasteiger partial charge in [-0.3, -0.25) is 14.4 Å². The molecule has 376 valence electrons. The van der Waals surface area contributed by atoms with Crippen molar-refractivity contribution in [3.8, 4) is 0 Å². The van der Waals surface area contributed by atoms with Crippen molar-refractivity contribution in [2.45, 2.75) is 252 Å². The van der Waals surface area contributed by atoms with E-state index in [-0.39, 0.29) is 37.5 Å². The van der Waals surface area contributed by atoms with Crippen molar-refractivity contribution >= 4 is 17.9 Å². The molecule has 1 atom stereocenters. The summed E-state index contributed by atoms with van der Waals surface area (Å²) in [5.41, 5.74) is 0. The Labute approximate surface area is 407 Å². The highest BCUT2D eigenvalue weighted by atomic mass is 16.6. The molecule has 0 N–H and O–H groups in total. The summed E-state index contributed by atoms with van der Waals surface area (Å²) in [6, 6.07) is 0. The first-order chi connectivity index (χ1) is 32.5. The van der Waals surface area contributed by atoms with E-state index in [0.717, 1.165) is 116 Å². The van der Waals surface area contributed by atoms with Gasteiger partial charge in [-0.1, -0.05) is 208 Å². The largest absolute Gasteiger partial charge is 0.462 e. The lowest BCUT2D eigenvalue weighted by molar-refractivity contribution is -0.167. The van der Waals surface area contributed by atoms with Crippen LogP contribution >= 0.6 is 0 Å². The summed E-state index contributed by atoms with van der Waals surface area (Å²) in [4.78, 5) is 38.1. The molecule has 0 rings (SSSR count). The minimum Gasteiger partial charge on any atom is -0.462 e. The number of ether oxygens (including phenoxy) is 3. The van der Waals surface area contributed by atoms with Crippen LogP contribution < -0.4 is 0 Å². The van der Waals surface area contributed by atoms with E-state index >= 15 is 0 Å². The molecule has 0 aromatic heterocycles. The molecule has 0 heterocycles. The van der Waals surface area contributed by atoms with Crippen LogP contribution in [0.15, 0.2) is 97.2 Å². The van der Waals surface area contributed by atoms with Crippen LogP contribution in [-0.2, 0) is 28.6 Å². The molecule has 6 nitrogen and oxygen atoms in total. The van der Waals surface area contributed by atoms with Gasteiger partial charge in [-0.05, 0) is 116 Å². The molecule has 6 heteroatoms. The van der Waals surface area contributed by atoms with Gasteiger partial charge in [0.1, 0.15) is 13.2 Å². The fraction of sp³-hybridized carbons (Fsp3) is 0.683. The molecule has 0 amide bonds. The molecule has 0 radical (unpaired) electrons. The molecule has 0 fully saturated rings. The maximum atomic E-state index is 12.8. The summed E-state index contributed by atoms with van der Waals surface area (Å²) >= 11 is 0. The van der Waals surface area contributed by atoms with Gasteiger partial charge in [0.2, 0.25) is 0 Å². The van der Waals surface area contributed by atoms with Gasteiger partial charge < -0.3 is 14.2 Å². The Hall–Kier alpha value is -3.67. The molecule has 0 saturated heterocycles.